The average Bonchev–Trinajstić information content (AvgIpc) is 2.78. The molecule has 4 heteroatoms. The van der Waals surface area contributed by atoms with Gasteiger partial charge in [0.05, 0.1) is 5.69 Å². The van der Waals surface area contributed by atoms with Crippen molar-refractivity contribution in [3.8, 4) is 5.75 Å². The van der Waals surface area contributed by atoms with E-state index in [4.69, 9.17) is 0 Å². The normalized spacial score (nSPS) is 12.0. The van der Waals surface area contributed by atoms with E-state index in [1.165, 1.54) is 0 Å². The fourth-order valence-electron chi connectivity index (χ4n) is 4.13. The van der Waals surface area contributed by atoms with Crippen LogP contribution in [0.5, 0.6) is 5.75 Å². The summed E-state index contributed by atoms with van der Waals surface area (Å²) in [6, 6.07) is 22.2. The molecule has 0 unspecified atom stereocenters. The zero-order chi connectivity index (χ0) is 25.8. The van der Waals surface area contributed by atoms with Gasteiger partial charge in [-0.25, -0.2) is 10.4 Å². The first-order valence-corrected chi connectivity index (χ1v) is 12.4. The van der Waals surface area contributed by atoms with E-state index in [0.29, 0.717) is 25.1 Å². The molecule has 0 fully saturated rings. The number of nitrogens with one attached hydrogen (secondary N) is 1. The molecule has 0 aromatic heterocycles. The summed E-state index contributed by atoms with van der Waals surface area (Å²) in [5.74, 6) is 0.373. The van der Waals surface area contributed by atoms with Crippen LogP contribution < -0.4 is 10.4 Å². The quantitative estimate of drug-likeness (QED) is 0.365. The lowest BCUT2D eigenvalue weighted by Crippen LogP contribution is -2.42. The van der Waals surface area contributed by atoms with Crippen molar-refractivity contribution in [2.24, 2.45) is 0 Å². The predicted molar refractivity (Wildman–Crippen MR) is 146 cm³/mol. The molecule has 0 heterocycles. The lowest BCUT2D eigenvalue weighted by atomic mass is 9.78. The van der Waals surface area contributed by atoms with Gasteiger partial charge in [-0.05, 0) is 58.6 Å². The molecular formula is C31H40N2O2. The molecule has 0 saturated heterocycles. The van der Waals surface area contributed by atoms with Gasteiger partial charge in [-0.3, -0.25) is 4.79 Å². The van der Waals surface area contributed by atoms with Crippen LogP contribution in [0.3, 0.4) is 0 Å². The summed E-state index contributed by atoms with van der Waals surface area (Å²) < 4.78 is 0. The second kappa shape index (κ2) is 10.7. The Morgan fingerprint density at radius 2 is 1.37 bits per heavy atom. The number of nitrogens with zero attached hydrogens (tertiary/aromatic N) is 1. The van der Waals surface area contributed by atoms with Crippen molar-refractivity contribution in [3.63, 3.8) is 0 Å². The third-order valence-electron chi connectivity index (χ3n) is 6.24. The Morgan fingerprint density at radius 1 is 0.829 bits per heavy atom. The Morgan fingerprint density at radius 3 is 1.89 bits per heavy atom. The van der Waals surface area contributed by atoms with Crippen LogP contribution in [0.2, 0.25) is 0 Å². The molecule has 0 atom stereocenters. The Kier molecular flexibility index (Phi) is 8.07. The molecule has 0 spiro atoms. The number of carbonyl (C=O) groups is 1. The molecule has 0 radical (unpaired) electrons. The van der Waals surface area contributed by atoms with E-state index in [1.807, 2.05) is 61.5 Å². The van der Waals surface area contributed by atoms with Crippen molar-refractivity contribution in [2.45, 2.75) is 78.7 Å². The van der Waals surface area contributed by atoms with Gasteiger partial charge in [0.1, 0.15) is 5.75 Å². The summed E-state index contributed by atoms with van der Waals surface area (Å²) in [7, 11) is 0. The van der Waals surface area contributed by atoms with Crippen LogP contribution in [0.15, 0.2) is 66.7 Å². The Balaban J connectivity index is 1.85. The number of benzene rings is 3. The smallest absolute Gasteiger partial charge is 0.241 e. The van der Waals surface area contributed by atoms with E-state index in [9.17, 15) is 9.90 Å². The third-order valence-corrected chi connectivity index (χ3v) is 6.24. The Hall–Kier alpha value is -3.11. The molecule has 0 saturated carbocycles. The molecule has 0 aliphatic carbocycles. The Labute approximate surface area is 211 Å². The van der Waals surface area contributed by atoms with Gasteiger partial charge in [0.2, 0.25) is 5.91 Å². The SMILES string of the molecule is Cc1ccc(N(NCc2ccccc2)C(=O)CCc2cc(C(C)(C)C)c(O)c(C(C)(C)C)c2)cc1. The molecule has 4 nitrogen and oxygen atoms in total. The van der Waals surface area contributed by atoms with Crippen LogP contribution >= 0.6 is 0 Å². The number of carbonyl (C=O) groups excluding carboxylic acids is 1. The molecular weight excluding hydrogens is 432 g/mol. The number of aromatic hydroxyl groups is 1. The van der Waals surface area contributed by atoms with Gasteiger partial charge in [0.25, 0.3) is 0 Å². The first-order valence-electron chi connectivity index (χ1n) is 12.4. The van der Waals surface area contributed by atoms with E-state index < -0.39 is 0 Å². The van der Waals surface area contributed by atoms with Gasteiger partial charge in [0, 0.05) is 13.0 Å². The minimum Gasteiger partial charge on any atom is -0.507 e. The fraction of sp³-hybridized carbons (Fsp3) is 0.387. The van der Waals surface area contributed by atoms with Gasteiger partial charge in [-0.2, -0.15) is 0 Å². The zero-order valence-electron chi connectivity index (χ0n) is 22.3. The summed E-state index contributed by atoms with van der Waals surface area (Å²) in [6.07, 6.45) is 0.953. The molecule has 0 aliphatic rings. The van der Waals surface area contributed by atoms with Crippen LogP contribution in [0.4, 0.5) is 5.69 Å². The summed E-state index contributed by atoms with van der Waals surface area (Å²) in [6.45, 7) is 15.2. The number of phenols is 1. The van der Waals surface area contributed by atoms with Crippen molar-refractivity contribution in [1.29, 1.82) is 0 Å². The number of amides is 1. The van der Waals surface area contributed by atoms with Gasteiger partial charge in [-0.1, -0.05) is 102 Å². The van der Waals surface area contributed by atoms with Crippen molar-refractivity contribution >= 4 is 11.6 Å². The van der Waals surface area contributed by atoms with Crippen LogP contribution in [-0.4, -0.2) is 11.0 Å². The second-order valence-corrected chi connectivity index (χ2v) is 11.4. The van der Waals surface area contributed by atoms with E-state index >= 15 is 0 Å². The zero-order valence-corrected chi connectivity index (χ0v) is 22.3. The van der Waals surface area contributed by atoms with Crippen molar-refractivity contribution in [1.82, 2.24) is 5.43 Å². The highest BCUT2D eigenvalue weighted by Gasteiger charge is 2.27. The second-order valence-electron chi connectivity index (χ2n) is 11.4. The highest BCUT2D eigenvalue weighted by molar-refractivity contribution is 5.92. The summed E-state index contributed by atoms with van der Waals surface area (Å²) in [5, 5.41) is 12.7. The molecule has 0 bridgehead atoms. The molecule has 3 aromatic carbocycles. The summed E-state index contributed by atoms with van der Waals surface area (Å²) >= 11 is 0. The largest absolute Gasteiger partial charge is 0.507 e. The highest BCUT2D eigenvalue weighted by atomic mass is 16.3. The molecule has 3 aromatic rings. The van der Waals surface area contributed by atoms with Crippen molar-refractivity contribution in [2.75, 3.05) is 5.01 Å². The summed E-state index contributed by atoms with van der Waals surface area (Å²) in [4.78, 5) is 13.5. The van der Waals surface area contributed by atoms with Gasteiger partial charge >= 0.3 is 0 Å². The first-order chi connectivity index (χ1) is 16.4. The number of hydrazine groups is 1. The van der Waals surface area contributed by atoms with Crippen molar-refractivity contribution in [3.05, 3.63) is 94.5 Å². The standard InChI is InChI=1S/C31H40N2O2/c1-22-13-16-25(17-14-22)33(32-21-23-11-9-8-10-12-23)28(34)18-15-24-19-26(30(2,3)4)29(35)27(20-24)31(5,6)7/h8-14,16-17,19-20,32,35H,15,18,21H2,1-7H3. The predicted octanol–water partition coefficient (Wildman–Crippen LogP) is 6.97. The lowest BCUT2D eigenvalue weighted by molar-refractivity contribution is -0.119. The van der Waals surface area contributed by atoms with Crippen LogP contribution in [0.1, 0.15) is 75.8 Å². The number of anilines is 1. The van der Waals surface area contributed by atoms with Gasteiger partial charge in [0.15, 0.2) is 0 Å². The first kappa shape index (κ1) is 26.5. The number of rotatable bonds is 7. The van der Waals surface area contributed by atoms with Gasteiger partial charge in [-0.15, -0.1) is 0 Å². The van der Waals surface area contributed by atoms with Crippen molar-refractivity contribution < 1.29 is 9.90 Å². The van der Waals surface area contributed by atoms with E-state index in [1.54, 1.807) is 5.01 Å². The minimum absolute atomic E-state index is 0.00692. The molecule has 0 aliphatic heterocycles. The van der Waals surface area contributed by atoms with Gasteiger partial charge < -0.3 is 5.11 Å². The number of hydrogen-bond donors (Lipinski definition) is 2. The van der Waals surface area contributed by atoms with E-state index in [0.717, 1.165) is 33.5 Å². The molecule has 186 valence electrons. The monoisotopic (exact) mass is 472 g/mol. The highest BCUT2D eigenvalue weighted by Crippen LogP contribution is 2.40. The van der Waals surface area contributed by atoms with Crippen LogP contribution in [-0.2, 0) is 28.6 Å². The Bertz CT molecular complexity index is 1100. The maximum atomic E-state index is 13.5. The maximum Gasteiger partial charge on any atom is 0.241 e. The van der Waals surface area contributed by atoms with E-state index in [-0.39, 0.29) is 16.7 Å². The maximum absolute atomic E-state index is 13.5. The minimum atomic E-state index is -0.199. The molecule has 35 heavy (non-hydrogen) atoms. The number of hydrogen-bond acceptors (Lipinski definition) is 3. The molecule has 2 N–H and O–H groups in total. The van der Waals surface area contributed by atoms with Crippen LogP contribution in [0, 0.1) is 6.92 Å². The topological polar surface area (TPSA) is 52.6 Å². The van der Waals surface area contributed by atoms with E-state index in [2.05, 4.69) is 59.1 Å². The molecule has 1 amide bonds. The fourth-order valence-corrected chi connectivity index (χ4v) is 4.13. The number of phenolic OH excluding ortho intramolecular Hbond substituents is 1. The molecule has 3 rings (SSSR count). The average molecular weight is 473 g/mol. The third kappa shape index (κ3) is 6.95. The summed E-state index contributed by atoms with van der Waals surface area (Å²) in [5.41, 5.74) is 8.93. The van der Waals surface area contributed by atoms with Crippen LogP contribution in [0.25, 0.3) is 0 Å². The number of aryl methyl sites for hydroxylation is 2. The lowest BCUT2D eigenvalue weighted by Gasteiger charge is -2.28.